The quantitative estimate of drug-likeness (QED) is 0.850. The summed E-state index contributed by atoms with van der Waals surface area (Å²) in [6, 6.07) is 9.64. The zero-order valence-electron chi connectivity index (χ0n) is 12.0. The number of nitrogens with one attached hydrogen (secondary N) is 1. The summed E-state index contributed by atoms with van der Waals surface area (Å²) < 4.78 is 5.37. The molecule has 1 aromatic rings. The Morgan fingerprint density at radius 1 is 1.32 bits per heavy atom. The van der Waals surface area contributed by atoms with Crippen LogP contribution in [0.5, 0.6) is 0 Å². The third kappa shape index (κ3) is 3.80. The molecule has 1 fully saturated rings. The van der Waals surface area contributed by atoms with Crippen molar-refractivity contribution in [3.8, 4) is 0 Å². The van der Waals surface area contributed by atoms with Gasteiger partial charge in [-0.3, -0.25) is 4.79 Å². The summed E-state index contributed by atoms with van der Waals surface area (Å²) in [6.07, 6.45) is 0.872. The summed E-state index contributed by atoms with van der Waals surface area (Å²) in [5.41, 5.74) is 1.27. The topological polar surface area (TPSA) is 38.3 Å². The van der Waals surface area contributed by atoms with E-state index in [0.717, 1.165) is 18.5 Å². The highest BCUT2D eigenvalue weighted by Gasteiger charge is 2.36. The van der Waals surface area contributed by atoms with Crippen molar-refractivity contribution < 1.29 is 9.53 Å². The molecule has 1 saturated heterocycles. The van der Waals surface area contributed by atoms with Gasteiger partial charge in [0.05, 0.1) is 0 Å². The van der Waals surface area contributed by atoms with E-state index in [9.17, 15) is 4.79 Å². The molecule has 0 radical (unpaired) electrons. The summed E-state index contributed by atoms with van der Waals surface area (Å²) in [5, 5.41) is 3.27. The average molecular weight is 261 g/mol. The number of benzene rings is 1. The van der Waals surface area contributed by atoms with Crippen LogP contribution in [-0.2, 0) is 16.1 Å². The first-order valence-corrected chi connectivity index (χ1v) is 6.91. The standard InChI is InChI=1S/C16H23NO2/c1-16(2,3)13-9-14(17-10-13)15(18)19-11-12-7-5-4-6-8-12/h4-8,13-14,17H,9-11H2,1-3H3. The minimum atomic E-state index is -0.145. The lowest BCUT2D eigenvalue weighted by Crippen LogP contribution is -2.32. The molecule has 0 bridgehead atoms. The van der Waals surface area contributed by atoms with Gasteiger partial charge in [-0.25, -0.2) is 0 Å². The van der Waals surface area contributed by atoms with Gasteiger partial charge in [-0.15, -0.1) is 0 Å². The van der Waals surface area contributed by atoms with Gasteiger partial charge in [0.15, 0.2) is 0 Å². The highest BCUT2D eigenvalue weighted by atomic mass is 16.5. The molecule has 2 rings (SSSR count). The maximum absolute atomic E-state index is 12.0. The van der Waals surface area contributed by atoms with Crippen molar-refractivity contribution in [2.24, 2.45) is 11.3 Å². The summed E-state index contributed by atoms with van der Waals surface area (Å²) >= 11 is 0. The van der Waals surface area contributed by atoms with Crippen molar-refractivity contribution in [3.05, 3.63) is 35.9 Å². The van der Waals surface area contributed by atoms with Crippen molar-refractivity contribution in [2.45, 2.75) is 39.8 Å². The summed E-state index contributed by atoms with van der Waals surface area (Å²) in [4.78, 5) is 12.0. The molecule has 0 saturated carbocycles. The van der Waals surface area contributed by atoms with Crippen LogP contribution in [0.1, 0.15) is 32.8 Å². The molecule has 1 aliphatic heterocycles. The van der Waals surface area contributed by atoms with E-state index >= 15 is 0 Å². The van der Waals surface area contributed by atoms with Gasteiger partial charge in [0.25, 0.3) is 0 Å². The van der Waals surface area contributed by atoms with Gasteiger partial charge in [0, 0.05) is 0 Å². The molecule has 0 aliphatic carbocycles. The number of carbonyl (C=O) groups is 1. The van der Waals surface area contributed by atoms with Crippen molar-refractivity contribution in [2.75, 3.05) is 6.54 Å². The molecule has 1 aliphatic rings. The number of ether oxygens (including phenoxy) is 1. The largest absolute Gasteiger partial charge is 0.460 e. The zero-order valence-corrected chi connectivity index (χ0v) is 12.0. The lowest BCUT2D eigenvalue weighted by molar-refractivity contribution is -0.147. The van der Waals surface area contributed by atoms with E-state index < -0.39 is 0 Å². The molecule has 0 spiro atoms. The van der Waals surface area contributed by atoms with E-state index in [1.807, 2.05) is 30.3 Å². The van der Waals surface area contributed by atoms with Crippen molar-refractivity contribution in [3.63, 3.8) is 0 Å². The van der Waals surface area contributed by atoms with Crippen LogP contribution >= 0.6 is 0 Å². The van der Waals surface area contributed by atoms with Crippen LogP contribution in [0, 0.1) is 11.3 Å². The second kappa shape index (κ2) is 5.74. The van der Waals surface area contributed by atoms with Gasteiger partial charge < -0.3 is 10.1 Å². The van der Waals surface area contributed by atoms with E-state index in [0.29, 0.717) is 12.5 Å². The Morgan fingerprint density at radius 3 is 2.58 bits per heavy atom. The van der Waals surface area contributed by atoms with Crippen molar-refractivity contribution >= 4 is 5.97 Å². The second-order valence-corrected chi connectivity index (χ2v) is 6.35. The summed E-state index contributed by atoms with van der Waals surface area (Å²) in [7, 11) is 0. The monoisotopic (exact) mass is 261 g/mol. The van der Waals surface area contributed by atoms with E-state index in [-0.39, 0.29) is 17.4 Å². The van der Waals surface area contributed by atoms with Gasteiger partial charge in [-0.05, 0) is 29.9 Å². The number of carbonyl (C=O) groups excluding carboxylic acids is 1. The fourth-order valence-corrected chi connectivity index (χ4v) is 2.40. The molecule has 3 heteroatoms. The first-order chi connectivity index (χ1) is 8.97. The van der Waals surface area contributed by atoms with Crippen molar-refractivity contribution in [1.29, 1.82) is 0 Å². The fourth-order valence-electron chi connectivity index (χ4n) is 2.40. The maximum atomic E-state index is 12.0. The van der Waals surface area contributed by atoms with E-state index in [2.05, 4.69) is 26.1 Å². The number of esters is 1. The lowest BCUT2D eigenvalue weighted by atomic mass is 9.79. The third-order valence-corrected chi connectivity index (χ3v) is 3.86. The molecule has 0 aromatic heterocycles. The van der Waals surface area contributed by atoms with Crippen LogP contribution in [-0.4, -0.2) is 18.6 Å². The Morgan fingerprint density at radius 2 is 2.00 bits per heavy atom. The van der Waals surface area contributed by atoms with Gasteiger partial charge in [-0.2, -0.15) is 0 Å². The van der Waals surface area contributed by atoms with E-state index in [1.54, 1.807) is 0 Å². The molecular weight excluding hydrogens is 238 g/mol. The van der Waals surface area contributed by atoms with Crippen LogP contribution in [0.25, 0.3) is 0 Å². The molecule has 104 valence electrons. The molecule has 2 unspecified atom stereocenters. The average Bonchev–Trinajstić information content (AvgIpc) is 2.87. The third-order valence-electron chi connectivity index (χ3n) is 3.86. The molecular formula is C16H23NO2. The normalized spacial score (nSPS) is 23.3. The second-order valence-electron chi connectivity index (χ2n) is 6.35. The SMILES string of the molecule is CC(C)(C)C1CNC(C(=O)OCc2ccccc2)C1. The van der Waals surface area contributed by atoms with Crippen molar-refractivity contribution in [1.82, 2.24) is 5.32 Å². The number of hydrogen-bond donors (Lipinski definition) is 1. The molecule has 2 atom stereocenters. The number of rotatable bonds is 3. The first kappa shape index (κ1) is 14.1. The van der Waals surface area contributed by atoms with Gasteiger partial charge >= 0.3 is 5.97 Å². The molecule has 19 heavy (non-hydrogen) atoms. The smallest absolute Gasteiger partial charge is 0.323 e. The van der Waals surface area contributed by atoms with Crippen LogP contribution in [0.15, 0.2) is 30.3 Å². The predicted molar refractivity (Wildman–Crippen MR) is 75.6 cm³/mol. The molecule has 1 aromatic carbocycles. The lowest BCUT2D eigenvalue weighted by Gasteiger charge is -2.25. The fraction of sp³-hybridized carbons (Fsp3) is 0.562. The van der Waals surface area contributed by atoms with Crippen LogP contribution in [0.2, 0.25) is 0 Å². The molecule has 1 N–H and O–H groups in total. The Balaban J connectivity index is 1.82. The minimum Gasteiger partial charge on any atom is -0.460 e. The van der Waals surface area contributed by atoms with Crippen LogP contribution in [0.3, 0.4) is 0 Å². The molecule has 3 nitrogen and oxygen atoms in total. The van der Waals surface area contributed by atoms with Gasteiger partial charge in [-0.1, -0.05) is 51.1 Å². The Bertz CT molecular complexity index is 422. The van der Waals surface area contributed by atoms with E-state index in [1.165, 1.54) is 0 Å². The summed E-state index contributed by atoms with van der Waals surface area (Å²) in [5.74, 6) is 0.400. The minimum absolute atomic E-state index is 0.129. The molecule has 1 heterocycles. The number of hydrogen-bond acceptors (Lipinski definition) is 3. The van der Waals surface area contributed by atoms with Gasteiger partial charge in [0.1, 0.15) is 12.6 Å². The van der Waals surface area contributed by atoms with E-state index in [4.69, 9.17) is 4.74 Å². The summed E-state index contributed by atoms with van der Waals surface area (Å²) in [6.45, 7) is 7.91. The zero-order chi connectivity index (χ0) is 13.9. The van der Waals surface area contributed by atoms with Gasteiger partial charge in [0.2, 0.25) is 0 Å². The highest BCUT2D eigenvalue weighted by molar-refractivity contribution is 5.76. The Kier molecular flexibility index (Phi) is 4.25. The Labute approximate surface area is 115 Å². The predicted octanol–water partition coefficient (Wildman–Crippen LogP) is 2.75. The Hall–Kier alpha value is -1.35. The van der Waals surface area contributed by atoms with Crippen LogP contribution < -0.4 is 5.32 Å². The van der Waals surface area contributed by atoms with Crippen LogP contribution in [0.4, 0.5) is 0 Å². The maximum Gasteiger partial charge on any atom is 0.323 e. The highest BCUT2D eigenvalue weighted by Crippen LogP contribution is 2.32. The first-order valence-electron chi connectivity index (χ1n) is 6.91. The molecule has 0 amide bonds.